The van der Waals surface area contributed by atoms with E-state index in [1.165, 1.54) is 28.8 Å². The van der Waals surface area contributed by atoms with Gasteiger partial charge in [0.1, 0.15) is 5.82 Å². The number of hydrogen-bond donors (Lipinski definition) is 2. The molecule has 4 rings (SSSR count). The van der Waals surface area contributed by atoms with E-state index in [1.54, 1.807) is 26.0 Å². The van der Waals surface area contributed by atoms with Crippen molar-refractivity contribution in [3.05, 3.63) is 70.5 Å². The van der Waals surface area contributed by atoms with Crippen LogP contribution in [0, 0.1) is 17.2 Å². The maximum Gasteiger partial charge on any atom is 0.357 e. The summed E-state index contributed by atoms with van der Waals surface area (Å²) in [5, 5.41) is 5.79. The van der Waals surface area contributed by atoms with E-state index in [1.807, 2.05) is 6.92 Å². The number of rotatable bonds is 9. The topological polar surface area (TPSA) is 76.7 Å². The zero-order chi connectivity index (χ0) is 30.0. The number of amides is 1. The number of benzene rings is 2. The van der Waals surface area contributed by atoms with Gasteiger partial charge in [0.2, 0.25) is 5.91 Å². The molecule has 0 radical (unpaired) electrons. The summed E-state index contributed by atoms with van der Waals surface area (Å²) in [6.07, 6.45) is 4.54. The lowest BCUT2D eigenvalue weighted by Gasteiger charge is -2.54. The summed E-state index contributed by atoms with van der Waals surface area (Å²) in [6, 6.07) is 12.9. The first-order chi connectivity index (χ1) is 19.4. The van der Waals surface area contributed by atoms with Crippen molar-refractivity contribution in [1.29, 1.82) is 0 Å². The lowest BCUT2D eigenvalue weighted by atomic mass is 9.49. The van der Waals surface area contributed by atoms with E-state index in [0.29, 0.717) is 5.92 Å². The number of thiocarbonyl (C=S) groups is 1. The van der Waals surface area contributed by atoms with Crippen molar-refractivity contribution in [2.75, 3.05) is 13.2 Å². The number of carbonyl (C=O) groups excluding carboxylic acids is 1. The normalized spacial score (nSPS) is 24.7. The van der Waals surface area contributed by atoms with E-state index < -0.39 is 24.6 Å². The molecule has 0 heterocycles. The fourth-order valence-electron chi connectivity index (χ4n) is 7.12. The number of nitrogens with one attached hydrogen (secondary N) is 2. The monoisotopic (exact) mass is 602 g/mol. The molecule has 1 amide bonds. The molecule has 0 aromatic heterocycles. The molecule has 6 nitrogen and oxygen atoms in total. The van der Waals surface area contributed by atoms with Gasteiger partial charge in [0.05, 0.1) is 18.6 Å². The van der Waals surface area contributed by atoms with Crippen LogP contribution in [0.3, 0.4) is 0 Å². The van der Waals surface area contributed by atoms with Crippen molar-refractivity contribution in [2.24, 2.45) is 11.3 Å². The van der Waals surface area contributed by atoms with Gasteiger partial charge >= 0.3 is 7.60 Å². The van der Waals surface area contributed by atoms with Crippen LogP contribution in [-0.4, -0.2) is 24.2 Å². The molecule has 2 aromatic carbocycles. The highest BCUT2D eigenvalue weighted by Gasteiger charge is 2.55. The molecule has 0 bridgehead atoms. The number of fused-ring (bicyclic) bond motifs is 3. The first-order valence-corrected chi connectivity index (χ1v) is 16.8. The number of hydrogen-bond acceptors (Lipinski definition) is 5. The first-order valence-electron chi connectivity index (χ1n) is 14.8. The summed E-state index contributed by atoms with van der Waals surface area (Å²) < 4.78 is 39.9. The quantitative estimate of drug-likeness (QED) is 0.224. The largest absolute Gasteiger partial charge is 0.357 e. The van der Waals surface area contributed by atoms with Gasteiger partial charge < -0.3 is 19.7 Å². The Labute approximate surface area is 249 Å². The number of carbonyl (C=O) groups is 1. The van der Waals surface area contributed by atoms with Crippen molar-refractivity contribution in [2.45, 2.75) is 90.8 Å². The molecule has 224 valence electrons. The lowest BCUT2D eigenvalue weighted by molar-refractivity contribution is -0.137. The van der Waals surface area contributed by atoms with Crippen LogP contribution in [0.25, 0.3) is 0 Å². The van der Waals surface area contributed by atoms with Crippen LogP contribution in [0.5, 0.6) is 0 Å². The minimum atomic E-state index is -3.90. The highest BCUT2D eigenvalue weighted by molar-refractivity contribution is 7.80. The summed E-state index contributed by atoms with van der Waals surface area (Å²) in [5.74, 6) is -1.38. The van der Waals surface area contributed by atoms with Crippen LogP contribution >= 0.6 is 19.8 Å². The maximum atomic E-state index is 14.9. The second-order valence-electron chi connectivity index (χ2n) is 12.1. The molecule has 2 aliphatic rings. The van der Waals surface area contributed by atoms with E-state index >= 15 is 0 Å². The molecule has 0 saturated heterocycles. The third kappa shape index (κ3) is 6.17. The molecule has 1 saturated carbocycles. The Morgan fingerprint density at radius 1 is 1.12 bits per heavy atom. The van der Waals surface area contributed by atoms with Crippen LogP contribution in [0.4, 0.5) is 4.39 Å². The number of halogens is 1. The zero-order valence-corrected chi connectivity index (χ0v) is 26.8. The summed E-state index contributed by atoms with van der Waals surface area (Å²) in [7, 11) is -3.90. The predicted molar refractivity (Wildman–Crippen MR) is 166 cm³/mol. The fourth-order valence-corrected chi connectivity index (χ4v) is 9.35. The SMILES string of the molecule is CCOP(=O)(OCC)C(NC(=S)NC(=O)[C@]1(C)CCC[C@]2(C)c3ccc(C(C)C)cc3CCC12)c1ccccc1F. The minimum absolute atomic E-state index is 0.0332. The van der Waals surface area contributed by atoms with Crippen molar-refractivity contribution in [1.82, 2.24) is 10.6 Å². The van der Waals surface area contributed by atoms with Crippen LogP contribution in [0.2, 0.25) is 0 Å². The highest BCUT2D eigenvalue weighted by Crippen LogP contribution is 2.60. The van der Waals surface area contributed by atoms with Gasteiger partial charge in [-0.2, -0.15) is 0 Å². The summed E-state index contributed by atoms with van der Waals surface area (Å²) in [5.41, 5.74) is 3.40. The van der Waals surface area contributed by atoms with Gasteiger partial charge in [0.25, 0.3) is 0 Å². The van der Waals surface area contributed by atoms with Gasteiger partial charge in [-0.25, -0.2) is 4.39 Å². The molecular formula is C32H44FN2O4PS. The van der Waals surface area contributed by atoms with Crippen molar-refractivity contribution < 1.29 is 22.8 Å². The Kier molecular flexibility index (Phi) is 9.80. The Hall–Kier alpha value is -2.12. The maximum absolute atomic E-state index is 14.9. The van der Waals surface area contributed by atoms with Crippen LogP contribution in [-0.2, 0) is 30.2 Å². The molecule has 2 aromatic rings. The van der Waals surface area contributed by atoms with Crippen molar-refractivity contribution >= 4 is 30.8 Å². The predicted octanol–water partition coefficient (Wildman–Crippen LogP) is 7.92. The molecule has 2 N–H and O–H groups in total. The molecular weight excluding hydrogens is 558 g/mol. The van der Waals surface area contributed by atoms with E-state index in [2.05, 4.69) is 49.6 Å². The molecule has 2 unspecified atom stereocenters. The standard InChI is InChI=1S/C32H44FN2O4PS/c1-7-38-40(37,39-8-2)28(24-12-9-10-13-26(24)33)34-30(41)35-29(36)32(6)19-11-18-31(5)25-16-14-22(21(3)4)20-23(25)15-17-27(31)32/h9-10,12-14,16,20-21,27-28H,7-8,11,15,17-19H2,1-6H3,(H2,34,35,36,41)/t27?,28?,31-,32-/m1/s1. The molecule has 2 aliphatic carbocycles. The Morgan fingerprint density at radius 2 is 1.80 bits per heavy atom. The van der Waals surface area contributed by atoms with Gasteiger partial charge in [-0.1, -0.05) is 70.5 Å². The average Bonchev–Trinajstić information content (AvgIpc) is 2.92. The highest BCUT2D eigenvalue weighted by atomic mass is 32.1. The van der Waals surface area contributed by atoms with Gasteiger partial charge in [-0.15, -0.1) is 0 Å². The fraction of sp³-hybridized carbons (Fsp3) is 0.562. The lowest BCUT2D eigenvalue weighted by Crippen LogP contribution is -2.57. The molecule has 41 heavy (non-hydrogen) atoms. The van der Waals surface area contributed by atoms with E-state index in [-0.39, 0.29) is 41.1 Å². The van der Waals surface area contributed by atoms with Crippen molar-refractivity contribution in [3.8, 4) is 0 Å². The van der Waals surface area contributed by atoms with Crippen LogP contribution in [0.15, 0.2) is 42.5 Å². The molecule has 1 fully saturated rings. The molecule has 0 aliphatic heterocycles. The van der Waals surface area contributed by atoms with Gasteiger partial charge in [-0.3, -0.25) is 9.36 Å². The molecule has 0 spiro atoms. The summed E-state index contributed by atoms with van der Waals surface area (Å²) in [4.78, 5) is 14.0. The third-order valence-electron chi connectivity index (χ3n) is 9.19. The Balaban J connectivity index is 1.59. The first kappa shape index (κ1) is 31.8. The molecule has 4 atom stereocenters. The van der Waals surface area contributed by atoms with Crippen LogP contribution in [0.1, 0.15) is 101 Å². The van der Waals surface area contributed by atoms with Crippen molar-refractivity contribution in [3.63, 3.8) is 0 Å². The zero-order valence-electron chi connectivity index (χ0n) is 25.1. The molecule has 9 heteroatoms. The third-order valence-corrected chi connectivity index (χ3v) is 11.7. The number of aryl methyl sites for hydroxylation is 1. The van der Waals surface area contributed by atoms with Gasteiger partial charge in [0, 0.05) is 5.56 Å². The second-order valence-corrected chi connectivity index (χ2v) is 14.6. The minimum Gasteiger partial charge on any atom is -0.345 e. The summed E-state index contributed by atoms with van der Waals surface area (Å²) in [6.45, 7) is 12.4. The average molecular weight is 603 g/mol. The van der Waals surface area contributed by atoms with E-state index in [0.717, 1.165) is 32.1 Å². The second kappa shape index (κ2) is 12.6. The summed E-state index contributed by atoms with van der Waals surface area (Å²) >= 11 is 5.58. The Morgan fingerprint density at radius 3 is 2.44 bits per heavy atom. The van der Waals surface area contributed by atoms with Crippen LogP contribution < -0.4 is 10.6 Å². The van der Waals surface area contributed by atoms with E-state index in [9.17, 15) is 13.8 Å². The Bertz CT molecular complexity index is 1330. The smallest absolute Gasteiger partial charge is 0.345 e. The van der Waals surface area contributed by atoms with Gasteiger partial charge in [-0.05, 0) is 91.8 Å². The van der Waals surface area contributed by atoms with Gasteiger partial charge in [0.15, 0.2) is 10.9 Å². The van der Waals surface area contributed by atoms with E-state index in [4.69, 9.17) is 21.3 Å².